The summed E-state index contributed by atoms with van der Waals surface area (Å²) in [6.07, 6.45) is 4.90. The van der Waals surface area contributed by atoms with E-state index in [4.69, 9.17) is 5.73 Å². The third-order valence-electron chi connectivity index (χ3n) is 2.39. The quantitative estimate of drug-likeness (QED) is 0.872. The number of pyridine rings is 1. The van der Waals surface area contributed by atoms with Gasteiger partial charge >= 0.3 is 0 Å². The van der Waals surface area contributed by atoms with Gasteiger partial charge in [-0.1, -0.05) is 20.8 Å². The number of nitrogens with two attached hydrogens (primary N) is 1. The molecule has 2 N–H and O–H groups in total. The molecule has 16 heavy (non-hydrogen) atoms. The van der Waals surface area contributed by atoms with E-state index < -0.39 is 0 Å². The maximum atomic E-state index is 5.92. The average molecular weight is 282 g/mol. The fourth-order valence-electron chi connectivity index (χ4n) is 1.80. The van der Waals surface area contributed by atoms with Crippen molar-refractivity contribution >= 4 is 27.3 Å². The van der Waals surface area contributed by atoms with Gasteiger partial charge in [0.15, 0.2) is 5.65 Å². The molecule has 0 radical (unpaired) electrons. The Kier molecular flexibility index (Phi) is 2.70. The van der Waals surface area contributed by atoms with Crippen LogP contribution in [0.5, 0.6) is 0 Å². The molecule has 0 aliphatic carbocycles. The molecular weight excluding hydrogens is 266 g/mol. The molecule has 0 fully saturated rings. The van der Waals surface area contributed by atoms with Crippen molar-refractivity contribution in [2.45, 2.75) is 27.2 Å². The normalized spacial score (nSPS) is 12.2. The molecule has 0 aliphatic heterocycles. The molecule has 0 saturated heterocycles. The zero-order chi connectivity index (χ0) is 11.9. The predicted octanol–water partition coefficient (Wildman–Crippen LogP) is 3.27. The van der Waals surface area contributed by atoms with Crippen molar-refractivity contribution in [3.63, 3.8) is 0 Å². The van der Waals surface area contributed by atoms with Crippen LogP contribution in [0.1, 0.15) is 26.5 Å². The fraction of sp³-hybridized carbons (Fsp3) is 0.417. The predicted molar refractivity (Wildman–Crippen MR) is 70.5 cm³/mol. The maximum absolute atomic E-state index is 5.92. The molecule has 0 bridgehead atoms. The molecule has 2 heterocycles. The second kappa shape index (κ2) is 3.77. The van der Waals surface area contributed by atoms with Crippen LogP contribution in [-0.4, -0.2) is 9.38 Å². The molecule has 0 amide bonds. The van der Waals surface area contributed by atoms with Gasteiger partial charge in [-0.3, -0.25) is 0 Å². The summed E-state index contributed by atoms with van der Waals surface area (Å²) in [5.41, 5.74) is 8.89. The zero-order valence-electron chi connectivity index (χ0n) is 9.79. The van der Waals surface area contributed by atoms with Gasteiger partial charge in [-0.05, 0) is 33.8 Å². The van der Waals surface area contributed by atoms with E-state index in [1.54, 1.807) is 0 Å². The van der Waals surface area contributed by atoms with Gasteiger partial charge in [-0.25, -0.2) is 4.98 Å². The number of nitrogens with zero attached hydrogens (tertiary/aromatic N) is 2. The molecule has 3 nitrogen and oxygen atoms in total. The summed E-state index contributed by atoms with van der Waals surface area (Å²) in [4.78, 5) is 4.36. The van der Waals surface area contributed by atoms with Crippen molar-refractivity contribution in [2.24, 2.45) is 5.41 Å². The highest BCUT2D eigenvalue weighted by molar-refractivity contribution is 9.10. The molecule has 0 spiro atoms. The van der Waals surface area contributed by atoms with Crippen LogP contribution >= 0.6 is 15.9 Å². The minimum absolute atomic E-state index is 0.243. The molecule has 0 aromatic carbocycles. The summed E-state index contributed by atoms with van der Waals surface area (Å²) in [5, 5.41) is 0. The van der Waals surface area contributed by atoms with Gasteiger partial charge in [-0.15, -0.1) is 0 Å². The van der Waals surface area contributed by atoms with Gasteiger partial charge in [0.25, 0.3) is 0 Å². The van der Waals surface area contributed by atoms with Crippen LogP contribution in [0.25, 0.3) is 5.65 Å². The lowest BCUT2D eigenvalue weighted by Crippen LogP contribution is -2.11. The third-order valence-corrected chi connectivity index (χ3v) is 2.82. The summed E-state index contributed by atoms with van der Waals surface area (Å²) in [7, 11) is 0. The van der Waals surface area contributed by atoms with E-state index in [1.807, 2.05) is 18.5 Å². The molecule has 86 valence electrons. The van der Waals surface area contributed by atoms with Crippen LogP contribution in [0, 0.1) is 5.41 Å². The second-order valence-electron chi connectivity index (χ2n) is 5.29. The van der Waals surface area contributed by atoms with Gasteiger partial charge < -0.3 is 10.1 Å². The van der Waals surface area contributed by atoms with E-state index in [1.165, 1.54) is 5.69 Å². The van der Waals surface area contributed by atoms with Gasteiger partial charge in [0.2, 0.25) is 0 Å². The molecule has 0 atom stereocenters. The Morgan fingerprint density at radius 1 is 1.44 bits per heavy atom. The number of hydrogen-bond donors (Lipinski definition) is 1. The Balaban J connectivity index is 2.56. The Hall–Kier alpha value is -1.03. The van der Waals surface area contributed by atoms with E-state index >= 15 is 0 Å². The van der Waals surface area contributed by atoms with E-state index in [0.717, 1.165) is 16.5 Å². The lowest BCUT2D eigenvalue weighted by molar-refractivity contribution is 0.405. The van der Waals surface area contributed by atoms with Gasteiger partial charge in [0.05, 0.1) is 5.69 Å². The highest BCUT2D eigenvalue weighted by atomic mass is 79.9. The molecule has 4 heteroatoms. The lowest BCUT2D eigenvalue weighted by Gasteiger charge is -2.17. The molecule has 0 saturated carbocycles. The fourth-order valence-corrected chi connectivity index (χ4v) is 2.25. The summed E-state index contributed by atoms with van der Waals surface area (Å²) in [6.45, 7) is 6.65. The number of nitrogen functional groups attached to an aromatic ring is 1. The minimum Gasteiger partial charge on any atom is -0.396 e. The molecule has 2 aromatic rings. The van der Waals surface area contributed by atoms with Gasteiger partial charge in [-0.2, -0.15) is 0 Å². The molecule has 0 unspecified atom stereocenters. The zero-order valence-corrected chi connectivity index (χ0v) is 11.4. The summed E-state index contributed by atoms with van der Waals surface area (Å²) < 4.78 is 3.04. The molecule has 0 aliphatic rings. The van der Waals surface area contributed by atoms with Crippen molar-refractivity contribution in [3.8, 4) is 0 Å². The van der Waals surface area contributed by atoms with Gasteiger partial charge in [0, 0.05) is 22.6 Å². The van der Waals surface area contributed by atoms with E-state index in [2.05, 4.69) is 46.1 Å². The first-order valence-corrected chi connectivity index (χ1v) is 6.07. The van der Waals surface area contributed by atoms with Crippen LogP contribution in [0.3, 0.4) is 0 Å². The highest BCUT2D eigenvalue weighted by Gasteiger charge is 2.15. The summed E-state index contributed by atoms with van der Waals surface area (Å²) in [6, 6.07) is 1.88. The largest absolute Gasteiger partial charge is 0.396 e. The van der Waals surface area contributed by atoms with E-state index in [-0.39, 0.29) is 5.41 Å². The second-order valence-corrected chi connectivity index (χ2v) is 6.21. The van der Waals surface area contributed by atoms with Crippen LogP contribution in [0.2, 0.25) is 0 Å². The number of anilines is 1. The van der Waals surface area contributed by atoms with Crippen molar-refractivity contribution < 1.29 is 0 Å². The smallest absolute Gasteiger partial charge is 0.160 e. The molecule has 2 rings (SSSR count). The average Bonchev–Trinajstić information content (AvgIpc) is 2.46. The first kappa shape index (κ1) is 11.5. The molecule has 2 aromatic heterocycles. The standard InChI is InChI=1S/C12H16BrN3/c1-12(2,3)5-9-6-15-11-10(14)4-8(13)7-16(9)11/h4,6-7H,5,14H2,1-3H3. The van der Waals surface area contributed by atoms with Crippen molar-refractivity contribution in [1.82, 2.24) is 9.38 Å². The van der Waals surface area contributed by atoms with E-state index in [9.17, 15) is 0 Å². The highest BCUT2D eigenvalue weighted by Crippen LogP contribution is 2.25. The number of fused-ring (bicyclic) bond motifs is 1. The number of aromatic nitrogens is 2. The monoisotopic (exact) mass is 281 g/mol. The first-order valence-electron chi connectivity index (χ1n) is 5.28. The maximum Gasteiger partial charge on any atom is 0.160 e. The summed E-state index contributed by atoms with van der Waals surface area (Å²) >= 11 is 3.45. The van der Waals surface area contributed by atoms with Crippen LogP contribution in [0.4, 0.5) is 5.69 Å². The number of hydrogen-bond acceptors (Lipinski definition) is 2. The Bertz CT molecular complexity index is 523. The van der Waals surface area contributed by atoms with Crippen molar-refractivity contribution in [3.05, 3.63) is 28.6 Å². The van der Waals surface area contributed by atoms with Crippen molar-refractivity contribution in [2.75, 3.05) is 5.73 Å². The minimum atomic E-state index is 0.243. The SMILES string of the molecule is CC(C)(C)Cc1cnc2c(N)cc(Br)cn12. The van der Waals surface area contributed by atoms with Crippen LogP contribution in [-0.2, 0) is 6.42 Å². The number of rotatable bonds is 1. The van der Waals surface area contributed by atoms with Gasteiger partial charge in [0.1, 0.15) is 0 Å². The molecular formula is C12H16BrN3. The Morgan fingerprint density at radius 3 is 2.75 bits per heavy atom. The van der Waals surface area contributed by atoms with Crippen LogP contribution < -0.4 is 5.73 Å². The van der Waals surface area contributed by atoms with E-state index in [0.29, 0.717) is 5.69 Å². The lowest BCUT2D eigenvalue weighted by atomic mass is 9.91. The Labute approximate surface area is 104 Å². The number of halogens is 1. The van der Waals surface area contributed by atoms with Crippen LogP contribution in [0.15, 0.2) is 22.9 Å². The summed E-state index contributed by atoms with van der Waals surface area (Å²) in [5.74, 6) is 0. The van der Waals surface area contributed by atoms with Crippen molar-refractivity contribution in [1.29, 1.82) is 0 Å². The first-order chi connectivity index (χ1) is 7.37. The number of imidazole rings is 1. The topological polar surface area (TPSA) is 43.3 Å². The Morgan fingerprint density at radius 2 is 2.12 bits per heavy atom. The third kappa shape index (κ3) is 2.21.